The zero-order valence-corrected chi connectivity index (χ0v) is 12.2. The molecule has 2 aromatic rings. The van der Waals surface area contributed by atoms with Crippen molar-refractivity contribution in [2.24, 2.45) is 0 Å². The van der Waals surface area contributed by atoms with E-state index in [4.69, 9.17) is 22.1 Å². The molecule has 0 spiro atoms. The summed E-state index contributed by atoms with van der Waals surface area (Å²) in [6, 6.07) is 10.7. The number of nitrogens with two attached hydrogens (primary N) is 1. The van der Waals surface area contributed by atoms with Gasteiger partial charge in [0.25, 0.3) is 10.0 Å². The van der Waals surface area contributed by atoms with Gasteiger partial charge in [0.2, 0.25) is 0 Å². The van der Waals surface area contributed by atoms with Crippen LogP contribution in [0.3, 0.4) is 0 Å². The molecule has 0 bridgehead atoms. The molecule has 2 rings (SSSR count). The van der Waals surface area contributed by atoms with Crippen LogP contribution in [0, 0.1) is 0 Å². The summed E-state index contributed by atoms with van der Waals surface area (Å²) in [5.74, 6) is 0.379. The molecule has 0 fully saturated rings. The second-order valence-corrected chi connectivity index (χ2v) is 6.14. The van der Waals surface area contributed by atoms with Crippen molar-refractivity contribution in [3.63, 3.8) is 0 Å². The lowest BCUT2D eigenvalue weighted by molar-refractivity contribution is 0.417. The molecule has 0 aliphatic rings. The number of methoxy groups -OCH3 is 1. The third kappa shape index (κ3) is 3.15. The Bertz CT molecular complexity index is 732. The number of hydrogen-bond acceptors (Lipinski definition) is 4. The van der Waals surface area contributed by atoms with Gasteiger partial charge in [-0.3, -0.25) is 4.72 Å². The highest BCUT2D eigenvalue weighted by Crippen LogP contribution is 2.29. The first-order chi connectivity index (χ1) is 9.42. The molecular weight excluding hydrogens is 300 g/mol. The number of hydrogen-bond donors (Lipinski definition) is 2. The van der Waals surface area contributed by atoms with Crippen LogP contribution in [0.15, 0.2) is 47.4 Å². The molecule has 106 valence electrons. The first-order valence-electron chi connectivity index (χ1n) is 5.64. The Morgan fingerprint density at radius 2 is 1.95 bits per heavy atom. The van der Waals surface area contributed by atoms with Gasteiger partial charge in [-0.2, -0.15) is 0 Å². The molecule has 2 aromatic carbocycles. The first kappa shape index (κ1) is 14.5. The number of nitrogen functional groups attached to an aromatic ring is 1. The molecule has 0 saturated heterocycles. The normalized spacial score (nSPS) is 11.1. The van der Waals surface area contributed by atoms with Crippen molar-refractivity contribution in [2.75, 3.05) is 17.6 Å². The molecule has 0 aliphatic carbocycles. The quantitative estimate of drug-likeness (QED) is 0.851. The van der Waals surface area contributed by atoms with Gasteiger partial charge in [-0.05, 0) is 36.4 Å². The Morgan fingerprint density at radius 3 is 2.60 bits per heavy atom. The summed E-state index contributed by atoms with van der Waals surface area (Å²) in [6.45, 7) is 0. The minimum Gasteiger partial charge on any atom is -0.495 e. The van der Waals surface area contributed by atoms with E-state index in [2.05, 4.69) is 4.72 Å². The Balaban J connectivity index is 2.40. The van der Waals surface area contributed by atoms with Gasteiger partial charge in [0, 0.05) is 10.7 Å². The predicted molar refractivity (Wildman–Crippen MR) is 79.7 cm³/mol. The maximum absolute atomic E-state index is 12.3. The molecule has 0 aliphatic heterocycles. The molecule has 7 heteroatoms. The topological polar surface area (TPSA) is 81.4 Å². The van der Waals surface area contributed by atoms with Crippen molar-refractivity contribution in [1.29, 1.82) is 0 Å². The summed E-state index contributed by atoms with van der Waals surface area (Å²) in [7, 11) is -2.31. The molecule has 0 amide bonds. The van der Waals surface area contributed by atoms with E-state index in [0.717, 1.165) is 0 Å². The van der Waals surface area contributed by atoms with Gasteiger partial charge >= 0.3 is 0 Å². The van der Waals surface area contributed by atoms with E-state index >= 15 is 0 Å². The van der Waals surface area contributed by atoms with Crippen molar-refractivity contribution >= 4 is 33.0 Å². The number of rotatable bonds is 4. The van der Waals surface area contributed by atoms with Crippen LogP contribution in [0.5, 0.6) is 5.75 Å². The Labute approximate surface area is 122 Å². The van der Waals surface area contributed by atoms with Crippen molar-refractivity contribution < 1.29 is 13.2 Å². The van der Waals surface area contributed by atoms with E-state index in [1.54, 1.807) is 24.3 Å². The summed E-state index contributed by atoms with van der Waals surface area (Å²) in [5.41, 5.74) is 6.35. The number of anilines is 2. The molecule has 0 unspecified atom stereocenters. The van der Waals surface area contributed by atoms with Gasteiger partial charge in [0.1, 0.15) is 5.75 Å². The molecule has 0 atom stereocenters. The minimum atomic E-state index is -3.76. The fourth-order valence-corrected chi connectivity index (χ4v) is 3.00. The van der Waals surface area contributed by atoms with Gasteiger partial charge in [0.15, 0.2) is 0 Å². The third-order valence-corrected chi connectivity index (χ3v) is 4.17. The number of halogens is 1. The lowest BCUT2D eigenvalue weighted by atomic mass is 10.2. The van der Waals surface area contributed by atoms with Gasteiger partial charge in [0.05, 0.1) is 17.7 Å². The standard InChI is InChI=1S/C13H13ClN2O3S/c1-19-13-6-5-10(15)8-12(13)16-20(17,18)11-4-2-3-9(14)7-11/h2-8,16H,15H2,1H3. The molecular formula is C13H13ClN2O3S. The van der Waals surface area contributed by atoms with Crippen LogP contribution in [0.1, 0.15) is 0 Å². The number of nitrogens with one attached hydrogen (secondary N) is 1. The number of benzene rings is 2. The highest BCUT2D eigenvalue weighted by atomic mass is 35.5. The number of sulfonamides is 1. The zero-order chi connectivity index (χ0) is 14.8. The summed E-state index contributed by atoms with van der Waals surface area (Å²) in [5, 5.41) is 0.340. The van der Waals surface area contributed by atoms with E-state index < -0.39 is 10.0 Å². The fourth-order valence-electron chi connectivity index (χ4n) is 1.64. The van der Waals surface area contributed by atoms with E-state index in [9.17, 15) is 8.42 Å². The Hall–Kier alpha value is -1.92. The van der Waals surface area contributed by atoms with Crippen LogP contribution in [0.2, 0.25) is 5.02 Å². The molecule has 3 N–H and O–H groups in total. The van der Waals surface area contributed by atoms with Crippen molar-refractivity contribution in [3.05, 3.63) is 47.5 Å². The lowest BCUT2D eigenvalue weighted by Gasteiger charge is -2.12. The predicted octanol–water partition coefficient (Wildman–Crippen LogP) is 2.73. The monoisotopic (exact) mass is 312 g/mol. The van der Waals surface area contributed by atoms with Gasteiger partial charge in [-0.15, -0.1) is 0 Å². The van der Waals surface area contributed by atoms with Gasteiger partial charge in [-0.25, -0.2) is 8.42 Å². The summed E-state index contributed by atoms with van der Waals surface area (Å²) < 4.78 is 32.1. The van der Waals surface area contributed by atoms with Crippen LogP contribution in [0.4, 0.5) is 11.4 Å². The summed E-state index contributed by atoms with van der Waals surface area (Å²) >= 11 is 5.80. The van der Waals surface area contributed by atoms with Crippen molar-refractivity contribution in [2.45, 2.75) is 4.90 Å². The minimum absolute atomic E-state index is 0.0643. The average Bonchev–Trinajstić information content (AvgIpc) is 2.38. The zero-order valence-electron chi connectivity index (χ0n) is 10.6. The van der Waals surface area contributed by atoms with E-state index in [0.29, 0.717) is 16.5 Å². The van der Waals surface area contributed by atoms with Crippen molar-refractivity contribution in [1.82, 2.24) is 0 Å². The summed E-state index contributed by atoms with van der Waals surface area (Å²) in [4.78, 5) is 0.0643. The molecule has 0 heterocycles. The molecule has 20 heavy (non-hydrogen) atoms. The largest absolute Gasteiger partial charge is 0.495 e. The Kier molecular flexibility index (Phi) is 4.06. The highest BCUT2D eigenvalue weighted by molar-refractivity contribution is 7.92. The third-order valence-electron chi connectivity index (χ3n) is 2.57. The second kappa shape index (κ2) is 5.60. The summed E-state index contributed by atoms with van der Waals surface area (Å²) in [6.07, 6.45) is 0. The van der Waals surface area contributed by atoms with Crippen LogP contribution in [-0.4, -0.2) is 15.5 Å². The van der Waals surface area contributed by atoms with Gasteiger partial charge < -0.3 is 10.5 Å². The molecule has 0 saturated carbocycles. The van der Waals surface area contributed by atoms with Crippen LogP contribution in [0.25, 0.3) is 0 Å². The van der Waals surface area contributed by atoms with Gasteiger partial charge in [-0.1, -0.05) is 17.7 Å². The van der Waals surface area contributed by atoms with Crippen LogP contribution >= 0.6 is 11.6 Å². The van der Waals surface area contributed by atoms with Crippen molar-refractivity contribution in [3.8, 4) is 5.75 Å². The smallest absolute Gasteiger partial charge is 0.262 e. The van der Waals surface area contributed by atoms with Crippen LogP contribution < -0.4 is 15.2 Å². The maximum Gasteiger partial charge on any atom is 0.262 e. The maximum atomic E-state index is 12.3. The lowest BCUT2D eigenvalue weighted by Crippen LogP contribution is -2.13. The SMILES string of the molecule is COc1ccc(N)cc1NS(=O)(=O)c1cccc(Cl)c1. The van der Waals surface area contributed by atoms with Crippen LogP contribution in [-0.2, 0) is 10.0 Å². The van der Waals surface area contributed by atoms with E-state index in [-0.39, 0.29) is 10.6 Å². The van der Waals surface area contributed by atoms with E-state index in [1.165, 1.54) is 25.3 Å². The molecule has 0 aromatic heterocycles. The number of ether oxygens (including phenoxy) is 1. The Morgan fingerprint density at radius 1 is 1.20 bits per heavy atom. The highest BCUT2D eigenvalue weighted by Gasteiger charge is 2.17. The molecule has 5 nitrogen and oxygen atoms in total. The van der Waals surface area contributed by atoms with E-state index in [1.807, 2.05) is 0 Å². The second-order valence-electron chi connectivity index (χ2n) is 4.02. The fraction of sp³-hybridized carbons (Fsp3) is 0.0769. The first-order valence-corrected chi connectivity index (χ1v) is 7.50. The molecule has 0 radical (unpaired) electrons. The average molecular weight is 313 g/mol.